The lowest BCUT2D eigenvalue weighted by Gasteiger charge is -2.28. The summed E-state index contributed by atoms with van der Waals surface area (Å²) in [6.07, 6.45) is -0.528. The third-order valence-electron chi connectivity index (χ3n) is 1.64. The molecule has 2 atom stereocenters. The summed E-state index contributed by atoms with van der Waals surface area (Å²) in [5.74, 6) is -0.243. The summed E-state index contributed by atoms with van der Waals surface area (Å²) in [5.41, 5.74) is 0. The van der Waals surface area contributed by atoms with Gasteiger partial charge in [0.2, 0.25) is 0 Å². The normalized spacial score (nSPS) is 18.0. The predicted octanol–water partition coefficient (Wildman–Crippen LogP) is 0.659. The van der Waals surface area contributed by atoms with Gasteiger partial charge in [-0.2, -0.15) is 0 Å². The molecule has 0 bridgehead atoms. The maximum Gasteiger partial charge on any atom is 0.108 e. The van der Waals surface area contributed by atoms with Crippen molar-refractivity contribution in [2.45, 2.75) is 13.0 Å². The van der Waals surface area contributed by atoms with Crippen LogP contribution >= 0.6 is 0 Å². The number of likely N-dealkylation sites (N-methyl/N-ethyl adjacent to an activating group) is 1. The summed E-state index contributed by atoms with van der Waals surface area (Å²) in [7, 11) is 5.94. The minimum absolute atomic E-state index is 0.243. The standard InChI is InChI=1S/C8H19FNO/c1-7(5-9)8(11)6-10(2,3)4/h7-8,11H,5-6H2,1-4H3/q+1. The number of alkyl halides is 1. The van der Waals surface area contributed by atoms with Gasteiger partial charge in [-0.1, -0.05) is 6.92 Å². The van der Waals surface area contributed by atoms with Crippen molar-refractivity contribution in [2.75, 3.05) is 34.4 Å². The molecular weight excluding hydrogens is 145 g/mol. The molecular formula is C8H19FNO+. The number of aliphatic hydroxyl groups is 1. The van der Waals surface area contributed by atoms with Crippen molar-refractivity contribution in [1.82, 2.24) is 0 Å². The molecule has 68 valence electrons. The second-order valence-electron chi connectivity index (χ2n) is 4.17. The van der Waals surface area contributed by atoms with Gasteiger partial charge in [-0.15, -0.1) is 0 Å². The zero-order valence-electron chi connectivity index (χ0n) is 7.84. The third-order valence-corrected chi connectivity index (χ3v) is 1.64. The Labute approximate surface area is 68.2 Å². The highest BCUT2D eigenvalue weighted by molar-refractivity contribution is 4.61. The van der Waals surface area contributed by atoms with Gasteiger partial charge < -0.3 is 9.59 Å². The highest BCUT2D eigenvalue weighted by atomic mass is 19.1. The molecule has 0 aliphatic heterocycles. The smallest absolute Gasteiger partial charge is 0.108 e. The number of quaternary nitrogens is 1. The first-order valence-electron chi connectivity index (χ1n) is 3.91. The average Bonchev–Trinajstić information content (AvgIpc) is 1.82. The van der Waals surface area contributed by atoms with Crippen LogP contribution in [0.4, 0.5) is 4.39 Å². The zero-order chi connectivity index (χ0) is 9.07. The van der Waals surface area contributed by atoms with Crippen LogP contribution < -0.4 is 0 Å². The van der Waals surface area contributed by atoms with E-state index in [2.05, 4.69) is 0 Å². The molecule has 0 heterocycles. The Morgan fingerprint density at radius 2 is 1.82 bits per heavy atom. The molecule has 0 rings (SSSR count). The van der Waals surface area contributed by atoms with E-state index in [4.69, 9.17) is 0 Å². The molecule has 0 spiro atoms. The van der Waals surface area contributed by atoms with E-state index in [0.717, 1.165) is 0 Å². The van der Waals surface area contributed by atoms with Crippen molar-refractivity contribution in [3.8, 4) is 0 Å². The van der Waals surface area contributed by atoms with Crippen molar-refractivity contribution < 1.29 is 14.0 Å². The molecule has 11 heavy (non-hydrogen) atoms. The molecule has 0 aromatic carbocycles. The van der Waals surface area contributed by atoms with E-state index >= 15 is 0 Å². The van der Waals surface area contributed by atoms with Gasteiger partial charge in [0.15, 0.2) is 0 Å². The fraction of sp³-hybridized carbons (Fsp3) is 1.00. The van der Waals surface area contributed by atoms with Gasteiger partial charge in [0.1, 0.15) is 12.6 Å². The second-order valence-corrected chi connectivity index (χ2v) is 4.17. The first kappa shape index (κ1) is 10.8. The second kappa shape index (κ2) is 4.02. The highest BCUT2D eigenvalue weighted by Gasteiger charge is 2.20. The van der Waals surface area contributed by atoms with Gasteiger partial charge in [0.05, 0.1) is 27.8 Å². The van der Waals surface area contributed by atoms with Crippen LogP contribution in [-0.2, 0) is 0 Å². The maximum atomic E-state index is 12.0. The van der Waals surface area contributed by atoms with E-state index in [1.165, 1.54) is 0 Å². The molecule has 0 saturated heterocycles. The van der Waals surface area contributed by atoms with E-state index in [1.54, 1.807) is 6.92 Å². The summed E-state index contributed by atoms with van der Waals surface area (Å²) in [6.45, 7) is 1.88. The van der Waals surface area contributed by atoms with Crippen LogP contribution in [0.2, 0.25) is 0 Å². The first-order chi connectivity index (χ1) is 4.87. The van der Waals surface area contributed by atoms with Gasteiger partial charge in [-0.3, -0.25) is 4.39 Å². The van der Waals surface area contributed by atoms with Crippen LogP contribution in [0.25, 0.3) is 0 Å². The Bertz CT molecular complexity index is 111. The molecule has 0 amide bonds. The quantitative estimate of drug-likeness (QED) is 0.605. The molecule has 0 radical (unpaired) electrons. The lowest BCUT2D eigenvalue weighted by molar-refractivity contribution is -0.874. The van der Waals surface area contributed by atoms with Crippen LogP contribution in [0.3, 0.4) is 0 Å². The molecule has 2 unspecified atom stereocenters. The molecule has 0 fully saturated rings. The summed E-state index contributed by atoms with van der Waals surface area (Å²) >= 11 is 0. The Kier molecular flexibility index (Phi) is 3.97. The summed E-state index contributed by atoms with van der Waals surface area (Å²) < 4.78 is 12.7. The van der Waals surface area contributed by atoms with E-state index in [9.17, 15) is 9.50 Å². The number of halogens is 1. The van der Waals surface area contributed by atoms with Gasteiger partial charge in [0, 0.05) is 5.92 Å². The zero-order valence-corrected chi connectivity index (χ0v) is 7.84. The van der Waals surface area contributed by atoms with E-state index in [1.807, 2.05) is 21.1 Å². The van der Waals surface area contributed by atoms with Crippen molar-refractivity contribution in [3.05, 3.63) is 0 Å². The van der Waals surface area contributed by atoms with E-state index in [0.29, 0.717) is 11.0 Å². The monoisotopic (exact) mass is 164 g/mol. The molecule has 0 aliphatic rings. The topological polar surface area (TPSA) is 20.2 Å². The minimum atomic E-state index is -0.528. The van der Waals surface area contributed by atoms with Crippen LogP contribution in [0.1, 0.15) is 6.92 Å². The maximum absolute atomic E-state index is 12.0. The van der Waals surface area contributed by atoms with Crippen molar-refractivity contribution in [3.63, 3.8) is 0 Å². The average molecular weight is 164 g/mol. The van der Waals surface area contributed by atoms with Crippen molar-refractivity contribution in [2.24, 2.45) is 5.92 Å². The minimum Gasteiger partial charge on any atom is -0.387 e. The van der Waals surface area contributed by atoms with E-state index in [-0.39, 0.29) is 5.92 Å². The Hall–Kier alpha value is -0.150. The van der Waals surface area contributed by atoms with Crippen LogP contribution in [-0.4, -0.2) is 50.1 Å². The van der Waals surface area contributed by atoms with Gasteiger partial charge in [-0.25, -0.2) is 0 Å². The molecule has 0 saturated carbocycles. The molecule has 0 aliphatic carbocycles. The lowest BCUT2D eigenvalue weighted by Crippen LogP contribution is -2.43. The number of hydrogen-bond acceptors (Lipinski definition) is 1. The molecule has 1 N–H and O–H groups in total. The molecule has 3 heteroatoms. The fourth-order valence-corrected chi connectivity index (χ4v) is 0.844. The number of nitrogens with zero attached hydrogens (tertiary/aromatic N) is 1. The van der Waals surface area contributed by atoms with Crippen molar-refractivity contribution in [1.29, 1.82) is 0 Å². The summed E-state index contributed by atoms with van der Waals surface area (Å²) in [5, 5.41) is 9.40. The van der Waals surface area contributed by atoms with E-state index < -0.39 is 12.8 Å². The molecule has 0 aromatic rings. The van der Waals surface area contributed by atoms with Gasteiger partial charge >= 0.3 is 0 Å². The largest absolute Gasteiger partial charge is 0.387 e. The fourth-order valence-electron chi connectivity index (χ4n) is 0.844. The van der Waals surface area contributed by atoms with Crippen molar-refractivity contribution >= 4 is 0 Å². The van der Waals surface area contributed by atoms with Crippen LogP contribution in [0, 0.1) is 5.92 Å². The Morgan fingerprint density at radius 1 is 1.36 bits per heavy atom. The third kappa shape index (κ3) is 5.16. The summed E-state index contributed by atoms with van der Waals surface area (Å²) in [6, 6.07) is 0. The number of hydrogen-bond donors (Lipinski definition) is 1. The first-order valence-corrected chi connectivity index (χ1v) is 3.91. The van der Waals surface area contributed by atoms with Crippen LogP contribution in [0.5, 0.6) is 0 Å². The predicted molar refractivity (Wildman–Crippen MR) is 44.0 cm³/mol. The molecule has 2 nitrogen and oxygen atoms in total. The van der Waals surface area contributed by atoms with Gasteiger partial charge in [0.25, 0.3) is 0 Å². The SMILES string of the molecule is CC(CF)C(O)C[N+](C)(C)C. The van der Waals surface area contributed by atoms with Gasteiger partial charge in [-0.05, 0) is 0 Å². The van der Waals surface area contributed by atoms with Crippen LogP contribution in [0.15, 0.2) is 0 Å². The number of aliphatic hydroxyl groups excluding tert-OH is 1. The Balaban J connectivity index is 3.77. The molecule has 0 aromatic heterocycles. The highest BCUT2D eigenvalue weighted by Crippen LogP contribution is 2.06. The number of rotatable bonds is 4. The lowest BCUT2D eigenvalue weighted by atomic mass is 10.1. The Morgan fingerprint density at radius 3 is 2.09 bits per heavy atom. The summed E-state index contributed by atoms with van der Waals surface area (Å²) in [4.78, 5) is 0.